The molecule has 1 N–H and O–H groups in total. The fraction of sp³-hybridized carbons (Fsp3) is 0.200. The molecule has 0 fully saturated rings. The van der Waals surface area contributed by atoms with Crippen molar-refractivity contribution in [3.63, 3.8) is 0 Å². The first-order valence-corrected chi connectivity index (χ1v) is 17.4. The maximum absolute atomic E-state index is 13.3. The van der Waals surface area contributed by atoms with Gasteiger partial charge in [0.2, 0.25) is 10.0 Å². The Kier molecular flexibility index (Phi) is 9.74. The number of nitrogens with zero attached hydrogens (tertiary/aromatic N) is 6. The summed E-state index contributed by atoms with van der Waals surface area (Å²) in [7, 11) is -3.75. The average Bonchev–Trinajstić information content (AvgIpc) is 3.73. The summed E-state index contributed by atoms with van der Waals surface area (Å²) in [4.78, 5) is 12.5. The summed E-state index contributed by atoms with van der Waals surface area (Å²) in [6, 6.07) is 32.1. The SMILES string of the molecule is CCS(=O)(=O)N(CCc1c(CCOc2ccc(C(=O)O)cc2)c2cc(Cl)ccc2n1C(c1ccccc1)c1ccccc1)n1cnnn1. The van der Waals surface area contributed by atoms with Crippen LogP contribution in [0.15, 0.2) is 109 Å². The molecule has 0 atom stereocenters. The predicted molar refractivity (Wildman–Crippen MR) is 184 cm³/mol. The zero-order valence-corrected chi connectivity index (χ0v) is 27.6. The molecule has 13 heteroatoms. The first kappa shape index (κ1) is 32.7. The van der Waals surface area contributed by atoms with Gasteiger partial charge in [-0.3, -0.25) is 0 Å². The van der Waals surface area contributed by atoms with Gasteiger partial charge in [-0.1, -0.05) is 72.3 Å². The number of carboxylic acids is 1. The lowest BCUT2D eigenvalue weighted by Gasteiger charge is -2.27. The Morgan fingerprint density at radius 1 is 0.938 bits per heavy atom. The van der Waals surface area contributed by atoms with Crippen LogP contribution in [0.3, 0.4) is 0 Å². The topological polar surface area (TPSA) is 132 Å². The third-order valence-corrected chi connectivity index (χ3v) is 10.1. The molecule has 0 aliphatic carbocycles. The quantitative estimate of drug-likeness (QED) is 0.153. The van der Waals surface area contributed by atoms with Crippen molar-refractivity contribution in [2.45, 2.75) is 25.8 Å². The zero-order valence-electron chi connectivity index (χ0n) is 26.1. The molecule has 246 valence electrons. The van der Waals surface area contributed by atoms with Crippen molar-refractivity contribution in [3.8, 4) is 5.75 Å². The van der Waals surface area contributed by atoms with Gasteiger partial charge >= 0.3 is 5.97 Å². The Hall–Kier alpha value is -5.20. The van der Waals surface area contributed by atoms with Crippen LogP contribution >= 0.6 is 11.6 Å². The number of hydrogen-bond donors (Lipinski definition) is 1. The first-order chi connectivity index (χ1) is 23.3. The fourth-order valence-electron chi connectivity index (χ4n) is 5.96. The molecule has 0 aliphatic heterocycles. The van der Waals surface area contributed by atoms with Gasteiger partial charge in [-0.15, -0.1) is 9.89 Å². The highest BCUT2D eigenvalue weighted by Gasteiger charge is 2.28. The third kappa shape index (κ3) is 6.90. The monoisotopic (exact) mass is 684 g/mol. The van der Waals surface area contributed by atoms with Crippen molar-refractivity contribution in [1.29, 1.82) is 0 Å². The first-order valence-electron chi connectivity index (χ1n) is 15.4. The van der Waals surface area contributed by atoms with Crippen molar-refractivity contribution in [2.24, 2.45) is 0 Å². The maximum Gasteiger partial charge on any atom is 0.335 e. The van der Waals surface area contributed by atoms with E-state index in [1.807, 2.05) is 54.6 Å². The van der Waals surface area contributed by atoms with Gasteiger partial charge in [-0.2, -0.15) is 4.41 Å². The van der Waals surface area contributed by atoms with Crippen LogP contribution in [0.4, 0.5) is 0 Å². The molecule has 2 heterocycles. The Balaban J connectivity index is 1.49. The lowest BCUT2D eigenvalue weighted by molar-refractivity contribution is 0.0697. The molecule has 0 amide bonds. The van der Waals surface area contributed by atoms with Crippen LogP contribution in [0, 0.1) is 0 Å². The maximum atomic E-state index is 13.3. The summed E-state index contributed by atoms with van der Waals surface area (Å²) in [6.45, 7) is 1.92. The van der Waals surface area contributed by atoms with E-state index in [1.165, 1.54) is 22.9 Å². The molecule has 48 heavy (non-hydrogen) atoms. The minimum absolute atomic E-state index is 0.0616. The summed E-state index contributed by atoms with van der Waals surface area (Å²) >= 11 is 6.61. The van der Waals surface area contributed by atoms with Crippen LogP contribution in [-0.2, 0) is 22.9 Å². The van der Waals surface area contributed by atoms with Crippen molar-refractivity contribution < 1.29 is 23.1 Å². The van der Waals surface area contributed by atoms with E-state index in [9.17, 15) is 18.3 Å². The standard InChI is InChI=1S/C35H33ClN6O5S/c1-2-48(45,46)41(40-24-37-38-39-40)21-19-33-30(20-22-47-29-16-13-27(14-17-29)35(43)44)31-23-28(36)15-18-32(31)42(33)34(25-9-5-3-6-10-25)26-11-7-4-8-12-26/h3-18,23-24,34H,2,19-22H2,1H3,(H,43,44). The van der Waals surface area contributed by atoms with E-state index in [-0.39, 0.29) is 30.5 Å². The lowest BCUT2D eigenvalue weighted by Crippen LogP contribution is -2.43. The Labute approximate surface area is 283 Å². The number of carbonyl (C=O) groups is 1. The van der Waals surface area contributed by atoms with Gasteiger partial charge in [0.1, 0.15) is 5.75 Å². The van der Waals surface area contributed by atoms with E-state index in [0.29, 0.717) is 23.6 Å². The number of carboxylic acid groups (broad SMARTS) is 1. The fourth-order valence-corrected chi connectivity index (χ4v) is 7.13. The van der Waals surface area contributed by atoms with Crippen LogP contribution in [0.25, 0.3) is 10.9 Å². The molecule has 0 unspecified atom stereocenters. The molecule has 0 saturated heterocycles. The number of ether oxygens (including phenoxy) is 1. The number of fused-ring (bicyclic) bond motifs is 1. The number of tetrazole rings is 1. The highest BCUT2D eigenvalue weighted by atomic mass is 35.5. The second kappa shape index (κ2) is 14.3. The largest absolute Gasteiger partial charge is 0.493 e. The molecule has 2 aromatic heterocycles. The Bertz CT molecular complexity index is 2070. The summed E-state index contributed by atoms with van der Waals surface area (Å²) in [5, 5.41) is 22.0. The van der Waals surface area contributed by atoms with Crippen molar-refractivity contribution in [1.82, 2.24) is 24.9 Å². The van der Waals surface area contributed by atoms with Gasteiger partial charge in [0, 0.05) is 34.5 Å². The Morgan fingerprint density at radius 3 is 2.19 bits per heavy atom. The van der Waals surface area contributed by atoms with Crippen molar-refractivity contribution in [3.05, 3.63) is 142 Å². The second-order valence-electron chi connectivity index (χ2n) is 11.0. The van der Waals surface area contributed by atoms with Crippen LogP contribution in [0.5, 0.6) is 5.75 Å². The van der Waals surface area contributed by atoms with E-state index >= 15 is 0 Å². The van der Waals surface area contributed by atoms with Gasteiger partial charge < -0.3 is 14.4 Å². The highest BCUT2D eigenvalue weighted by Crippen LogP contribution is 2.38. The summed E-state index contributed by atoms with van der Waals surface area (Å²) in [5.41, 5.74) is 5.06. The van der Waals surface area contributed by atoms with E-state index < -0.39 is 16.0 Å². The average molecular weight is 685 g/mol. The lowest BCUT2D eigenvalue weighted by atomic mass is 9.97. The number of halogens is 1. The van der Waals surface area contributed by atoms with E-state index in [0.717, 1.165) is 38.1 Å². The number of aromatic nitrogens is 5. The Morgan fingerprint density at radius 2 is 1.60 bits per heavy atom. The number of sulfonamides is 1. The minimum Gasteiger partial charge on any atom is -0.493 e. The van der Waals surface area contributed by atoms with E-state index in [1.54, 1.807) is 19.1 Å². The van der Waals surface area contributed by atoms with Gasteiger partial charge in [-0.05, 0) is 76.5 Å². The smallest absolute Gasteiger partial charge is 0.335 e. The second-order valence-corrected chi connectivity index (χ2v) is 13.6. The van der Waals surface area contributed by atoms with E-state index in [4.69, 9.17) is 16.3 Å². The molecule has 0 saturated carbocycles. The van der Waals surface area contributed by atoms with Crippen molar-refractivity contribution in [2.75, 3.05) is 23.3 Å². The normalized spacial score (nSPS) is 11.6. The molecule has 0 bridgehead atoms. The van der Waals surface area contributed by atoms with Gasteiger partial charge in [0.05, 0.1) is 30.5 Å². The molecule has 11 nitrogen and oxygen atoms in total. The number of rotatable bonds is 14. The third-order valence-electron chi connectivity index (χ3n) is 8.19. The summed E-state index contributed by atoms with van der Waals surface area (Å²) < 4.78 is 36.2. The summed E-state index contributed by atoms with van der Waals surface area (Å²) in [5.74, 6) is -0.611. The molecule has 4 aromatic carbocycles. The van der Waals surface area contributed by atoms with Gasteiger partial charge in [0.25, 0.3) is 0 Å². The van der Waals surface area contributed by atoms with E-state index in [2.05, 4.69) is 44.4 Å². The van der Waals surface area contributed by atoms with Gasteiger partial charge in [0.15, 0.2) is 6.33 Å². The number of aromatic carboxylic acids is 1. The molecular formula is C35H33ClN6O5S. The molecule has 6 rings (SSSR count). The van der Waals surface area contributed by atoms with Crippen LogP contribution in [0.1, 0.15) is 45.7 Å². The summed E-state index contributed by atoms with van der Waals surface area (Å²) in [6.07, 6.45) is 2.04. The van der Waals surface area contributed by atoms with Crippen LogP contribution < -0.4 is 9.15 Å². The molecule has 6 aromatic rings. The minimum atomic E-state index is -3.75. The molecule has 0 spiro atoms. The molecule has 0 aliphatic rings. The molecular weight excluding hydrogens is 652 g/mol. The van der Waals surface area contributed by atoms with Crippen LogP contribution in [0.2, 0.25) is 5.02 Å². The molecule has 0 radical (unpaired) electrons. The van der Waals surface area contributed by atoms with Gasteiger partial charge in [-0.25, -0.2) is 13.2 Å². The van der Waals surface area contributed by atoms with Crippen LogP contribution in [-0.4, -0.2) is 63.3 Å². The van der Waals surface area contributed by atoms with Crippen molar-refractivity contribution >= 4 is 38.5 Å². The zero-order chi connectivity index (χ0) is 33.7. The predicted octanol–water partition coefficient (Wildman–Crippen LogP) is 5.77. The number of benzene rings is 4. The highest BCUT2D eigenvalue weighted by molar-refractivity contribution is 7.92. The number of hydrogen-bond acceptors (Lipinski definition) is 7.